The number of sulfonamides is 1. The van der Waals surface area contributed by atoms with E-state index >= 15 is 0 Å². The molecule has 1 aromatic heterocycles. The van der Waals surface area contributed by atoms with Gasteiger partial charge in [-0.25, -0.2) is 13.4 Å². The van der Waals surface area contributed by atoms with Gasteiger partial charge in [0.15, 0.2) is 5.03 Å². The Morgan fingerprint density at radius 2 is 2.03 bits per heavy atom. The van der Waals surface area contributed by atoms with Crippen LogP contribution in [0.3, 0.4) is 0 Å². The molecular formula is C21H30N4O4S. The Hall–Kier alpha value is -2.39. The lowest BCUT2D eigenvalue weighted by Gasteiger charge is -2.30. The first-order valence-electron chi connectivity index (χ1n) is 10.3. The first-order valence-corrected chi connectivity index (χ1v) is 11.8. The van der Waals surface area contributed by atoms with Gasteiger partial charge in [-0.3, -0.25) is 4.79 Å². The van der Waals surface area contributed by atoms with Crippen molar-refractivity contribution in [2.24, 2.45) is 5.92 Å². The van der Waals surface area contributed by atoms with Crippen molar-refractivity contribution in [1.82, 2.24) is 19.2 Å². The van der Waals surface area contributed by atoms with E-state index in [0.717, 1.165) is 11.3 Å². The zero-order chi connectivity index (χ0) is 21.7. The fourth-order valence-corrected chi connectivity index (χ4v) is 4.89. The van der Waals surface area contributed by atoms with Crippen LogP contribution >= 0.6 is 0 Å². The lowest BCUT2D eigenvalue weighted by molar-refractivity contribution is -0.126. The molecule has 164 valence electrons. The van der Waals surface area contributed by atoms with Crippen LogP contribution in [0.4, 0.5) is 0 Å². The van der Waals surface area contributed by atoms with Crippen molar-refractivity contribution in [2.45, 2.75) is 51.2 Å². The third-order valence-electron chi connectivity index (χ3n) is 5.23. The van der Waals surface area contributed by atoms with Gasteiger partial charge in [0, 0.05) is 31.9 Å². The summed E-state index contributed by atoms with van der Waals surface area (Å²) in [5, 5.41) is 2.96. The van der Waals surface area contributed by atoms with Gasteiger partial charge in [0.2, 0.25) is 5.91 Å². The number of benzene rings is 1. The molecule has 0 unspecified atom stereocenters. The van der Waals surface area contributed by atoms with Crippen molar-refractivity contribution >= 4 is 15.9 Å². The number of hydrogen-bond donors (Lipinski definition) is 1. The average molecular weight is 435 g/mol. The van der Waals surface area contributed by atoms with Crippen molar-refractivity contribution in [3.8, 4) is 5.75 Å². The van der Waals surface area contributed by atoms with Gasteiger partial charge in [-0.15, -0.1) is 0 Å². The second-order valence-corrected chi connectivity index (χ2v) is 9.63. The van der Waals surface area contributed by atoms with Crippen LogP contribution in [-0.2, 0) is 21.4 Å². The minimum absolute atomic E-state index is 0.0339. The maximum atomic E-state index is 13.0. The van der Waals surface area contributed by atoms with Gasteiger partial charge in [-0.2, -0.15) is 4.31 Å². The summed E-state index contributed by atoms with van der Waals surface area (Å²) in [6.07, 6.45) is 4.39. The molecule has 9 heteroatoms. The van der Waals surface area contributed by atoms with Gasteiger partial charge in [-0.1, -0.05) is 12.1 Å². The third-order valence-corrected chi connectivity index (χ3v) is 6.99. The average Bonchev–Trinajstić information content (AvgIpc) is 3.25. The van der Waals surface area contributed by atoms with Crippen molar-refractivity contribution in [3.63, 3.8) is 0 Å². The van der Waals surface area contributed by atoms with Crippen molar-refractivity contribution in [1.29, 1.82) is 0 Å². The van der Waals surface area contributed by atoms with Crippen LogP contribution in [-0.4, -0.2) is 47.9 Å². The van der Waals surface area contributed by atoms with E-state index < -0.39 is 10.0 Å². The zero-order valence-electron chi connectivity index (χ0n) is 17.7. The first kappa shape index (κ1) is 22.3. The summed E-state index contributed by atoms with van der Waals surface area (Å²) < 4.78 is 34.5. The smallest absolute Gasteiger partial charge is 0.262 e. The van der Waals surface area contributed by atoms with Gasteiger partial charge < -0.3 is 14.6 Å². The molecule has 1 N–H and O–H groups in total. The highest BCUT2D eigenvalue weighted by molar-refractivity contribution is 7.89. The predicted molar refractivity (Wildman–Crippen MR) is 114 cm³/mol. The molecular weight excluding hydrogens is 404 g/mol. The van der Waals surface area contributed by atoms with Crippen molar-refractivity contribution in [2.75, 3.05) is 19.7 Å². The van der Waals surface area contributed by atoms with Gasteiger partial charge in [0.25, 0.3) is 10.0 Å². The second kappa shape index (κ2) is 9.61. The number of piperidine rings is 1. The molecule has 0 spiro atoms. The number of aromatic nitrogens is 2. The molecule has 1 saturated heterocycles. The van der Waals surface area contributed by atoms with Crippen LogP contribution in [0.1, 0.15) is 45.2 Å². The maximum Gasteiger partial charge on any atom is 0.262 e. The molecule has 0 radical (unpaired) electrons. The Kier molecular flexibility index (Phi) is 7.14. The summed E-state index contributed by atoms with van der Waals surface area (Å²) >= 11 is 0. The molecule has 2 aromatic rings. The maximum absolute atomic E-state index is 13.0. The SMILES string of the molecule is CCOc1ccc(CNC(=O)[C@@H]2CCCN(S(=O)(=O)c3cn(C(C)C)cn3)C2)cc1. The number of carbonyl (C=O) groups is 1. The van der Waals surface area contributed by atoms with Gasteiger partial charge >= 0.3 is 0 Å². The van der Waals surface area contributed by atoms with E-state index in [1.54, 1.807) is 10.8 Å². The normalized spacial score (nSPS) is 17.8. The molecule has 0 saturated carbocycles. The van der Waals surface area contributed by atoms with E-state index in [-0.39, 0.29) is 29.4 Å². The molecule has 30 heavy (non-hydrogen) atoms. The monoisotopic (exact) mass is 434 g/mol. The molecule has 1 aliphatic heterocycles. The molecule has 1 fully saturated rings. The Bertz CT molecular complexity index is 954. The molecule has 8 nitrogen and oxygen atoms in total. The summed E-state index contributed by atoms with van der Waals surface area (Å²) in [4.78, 5) is 16.7. The summed E-state index contributed by atoms with van der Waals surface area (Å²) in [6.45, 7) is 7.43. The first-order chi connectivity index (χ1) is 14.3. The summed E-state index contributed by atoms with van der Waals surface area (Å²) in [5.41, 5.74) is 0.964. The van der Waals surface area contributed by atoms with E-state index in [1.165, 1.54) is 10.6 Å². The zero-order valence-corrected chi connectivity index (χ0v) is 18.6. The van der Waals surface area contributed by atoms with Crippen molar-refractivity contribution < 1.29 is 17.9 Å². The number of rotatable bonds is 8. The van der Waals surface area contributed by atoms with E-state index in [9.17, 15) is 13.2 Å². The highest BCUT2D eigenvalue weighted by Crippen LogP contribution is 2.24. The minimum atomic E-state index is -3.71. The molecule has 0 bridgehead atoms. The van der Waals surface area contributed by atoms with Gasteiger partial charge in [0.1, 0.15) is 5.75 Å². The highest BCUT2D eigenvalue weighted by Gasteiger charge is 2.34. The quantitative estimate of drug-likeness (QED) is 0.689. The minimum Gasteiger partial charge on any atom is -0.494 e. The number of ether oxygens (including phenoxy) is 1. The highest BCUT2D eigenvalue weighted by atomic mass is 32.2. The van der Waals surface area contributed by atoms with Crippen LogP contribution in [0.25, 0.3) is 0 Å². The van der Waals surface area contributed by atoms with Crippen LogP contribution in [0.5, 0.6) is 5.75 Å². The number of amides is 1. The lowest BCUT2D eigenvalue weighted by Crippen LogP contribution is -2.45. The Morgan fingerprint density at radius 3 is 2.67 bits per heavy atom. The van der Waals surface area contributed by atoms with E-state index in [1.807, 2.05) is 45.0 Å². The standard InChI is InChI=1S/C21H30N4O4S/c1-4-29-19-9-7-17(8-10-19)12-22-21(26)18-6-5-11-25(13-18)30(27,28)20-14-24(15-23-20)16(2)3/h7-10,14-16,18H,4-6,11-13H2,1-3H3,(H,22,26)/t18-/m1/s1. The third kappa shape index (κ3) is 5.20. The molecule has 2 heterocycles. The van der Waals surface area contributed by atoms with E-state index in [0.29, 0.717) is 32.5 Å². The second-order valence-electron chi connectivity index (χ2n) is 7.75. The van der Waals surface area contributed by atoms with Crippen LogP contribution in [0.15, 0.2) is 41.8 Å². The Morgan fingerprint density at radius 1 is 1.30 bits per heavy atom. The summed E-state index contributed by atoms with van der Waals surface area (Å²) in [6, 6.07) is 7.69. The summed E-state index contributed by atoms with van der Waals surface area (Å²) in [5.74, 6) is 0.292. The van der Waals surface area contributed by atoms with Crippen LogP contribution in [0.2, 0.25) is 0 Å². The molecule has 3 rings (SSSR count). The topological polar surface area (TPSA) is 93.5 Å². The van der Waals surface area contributed by atoms with Crippen LogP contribution in [0, 0.1) is 5.92 Å². The van der Waals surface area contributed by atoms with Gasteiger partial charge in [0.05, 0.1) is 18.9 Å². The Balaban J connectivity index is 1.59. The number of imidazole rings is 1. The molecule has 1 atom stereocenters. The Labute approximate surface area is 178 Å². The van der Waals surface area contributed by atoms with Gasteiger partial charge in [-0.05, 0) is 51.3 Å². The number of nitrogens with zero attached hydrogens (tertiary/aromatic N) is 3. The molecule has 1 aromatic carbocycles. The molecule has 0 aliphatic carbocycles. The summed E-state index contributed by atoms with van der Waals surface area (Å²) in [7, 11) is -3.71. The number of hydrogen-bond acceptors (Lipinski definition) is 5. The molecule has 1 amide bonds. The number of nitrogens with one attached hydrogen (secondary N) is 1. The fraction of sp³-hybridized carbons (Fsp3) is 0.524. The fourth-order valence-electron chi connectivity index (χ4n) is 3.44. The van der Waals surface area contributed by atoms with E-state index in [4.69, 9.17) is 4.74 Å². The number of carbonyl (C=O) groups excluding carboxylic acids is 1. The van der Waals surface area contributed by atoms with Crippen molar-refractivity contribution in [3.05, 3.63) is 42.4 Å². The van der Waals surface area contributed by atoms with Crippen LogP contribution < -0.4 is 10.1 Å². The van der Waals surface area contributed by atoms with E-state index in [2.05, 4.69) is 10.3 Å². The largest absolute Gasteiger partial charge is 0.494 e. The predicted octanol–water partition coefficient (Wildman–Crippen LogP) is 2.58. The lowest BCUT2D eigenvalue weighted by atomic mass is 9.99. The molecule has 1 aliphatic rings.